The number of alkyl halides is 3. The number of rotatable bonds is 2. The van der Waals surface area contributed by atoms with E-state index in [1.54, 1.807) is 12.3 Å². The van der Waals surface area contributed by atoms with E-state index in [1.165, 1.54) is 12.1 Å². The molecule has 0 spiro atoms. The molecule has 0 unspecified atom stereocenters. The van der Waals surface area contributed by atoms with Crippen molar-refractivity contribution in [2.24, 2.45) is 4.99 Å². The largest absolute Gasteiger partial charge is 0.449 e. The SMILES string of the molecule is FC(F)(F)c1nc2ccc(N=Cc3cccc(Br)c3)cc2[nH]1. The molecule has 3 nitrogen and oxygen atoms in total. The van der Waals surface area contributed by atoms with Crippen LogP contribution in [0.3, 0.4) is 0 Å². The summed E-state index contributed by atoms with van der Waals surface area (Å²) >= 11 is 3.36. The standard InChI is InChI=1S/C15H9BrF3N3/c16-10-3-1-2-9(6-10)8-20-11-4-5-12-13(7-11)22-14(21-12)15(17,18)19/h1-8H,(H,21,22). The molecule has 1 aromatic heterocycles. The normalized spacial score (nSPS) is 12.4. The van der Waals surface area contributed by atoms with E-state index in [0.29, 0.717) is 11.2 Å². The van der Waals surface area contributed by atoms with Crippen LogP contribution in [0.1, 0.15) is 11.4 Å². The minimum absolute atomic E-state index is 0.258. The summed E-state index contributed by atoms with van der Waals surface area (Å²) in [6.07, 6.45) is -2.84. The number of nitrogens with one attached hydrogen (secondary N) is 1. The Kier molecular flexibility index (Phi) is 3.74. The number of nitrogens with zero attached hydrogens (tertiary/aromatic N) is 2. The Morgan fingerprint density at radius 2 is 1.95 bits per heavy atom. The van der Waals surface area contributed by atoms with Gasteiger partial charge in [-0.2, -0.15) is 13.2 Å². The molecule has 3 aromatic rings. The minimum atomic E-state index is -4.49. The quantitative estimate of drug-likeness (QED) is 0.629. The number of aromatic amines is 1. The third kappa shape index (κ3) is 3.19. The van der Waals surface area contributed by atoms with E-state index in [9.17, 15) is 13.2 Å². The topological polar surface area (TPSA) is 41.0 Å². The van der Waals surface area contributed by atoms with Crippen LogP contribution in [0.5, 0.6) is 0 Å². The molecule has 0 atom stereocenters. The molecular weight excluding hydrogens is 359 g/mol. The monoisotopic (exact) mass is 367 g/mol. The Labute approximate surface area is 132 Å². The molecule has 0 radical (unpaired) electrons. The summed E-state index contributed by atoms with van der Waals surface area (Å²) in [5.41, 5.74) is 1.99. The lowest BCUT2D eigenvalue weighted by molar-refractivity contribution is -0.144. The van der Waals surface area contributed by atoms with Crippen LogP contribution in [0, 0.1) is 0 Å². The molecule has 0 aliphatic rings. The van der Waals surface area contributed by atoms with Crippen LogP contribution in [0.4, 0.5) is 18.9 Å². The Hall–Kier alpha value is -2.15. The lowest BCUT2D eigenvalue weighted by Crippen LogP contribution is -2.06. The molecule has 22 heavy (non-hydrogen) atoms. The van der Waals surface area contributed by atoms with E-state index >= 15 is 0 Å². The molecule has 1 heterocycles. The first-order valence-corrected chi connectivity index (χ1v) is 7.08. The first-order valence-electron chi connectivity index (χ1n) is 6.28. The van der Waals surface area contributed by atoms with Crippen LogP contribution in [-0.4, -0.2) is 16.2 Å². The van der Waals surface area contributed by atoms with Crippen molar-refractivity contribution >= 4 is 38.9 Å². The van der Waals surface area contributed by atoms with Gasteiger partial charge in [0.15, 0.2) is 0 Å². The lowest BCUT2D eigenvalue weighted by atomic mass is 10.2. The number of halogens is 4. The number of aromatic nitrogens is 2. The van der Waals surface area contributed by atoms with Crippen molar-refractivity contribution in [3.8, 4) is 0 Å². The predicted molar refractivity (Wildman–Crippen MR) is 82.5 cm³/mol. The summed E-state index contributed by atoms with van der Waals surface area (Å²) in [5, 5.41) is 0. The van der Waals surface area contributed by atoms with E-state index in [-0.39, 0.29) is 5.52 Å². The highest BCUT2D eigenvalue weighted by atomic mass is 79.9. The lowest BCUT2D eigenvalue weighted by Gasteiger charge is -1.99. The molecule has 0 aliphatic carbocycles. The van der Waals surface area contributed by atoms with Crippen molar-refractivity contribution in [3.05, 3.63) is 58.3 Å². The highest BCUT2D eigenvalue weighted by Crippen LogP contribution is 2.29. The zero-order valence-corrected chi connectivity index (χ0v) is 12.6. The molecule has 1 N–H and O–H groups in total. The van der Waals surface area contributed by atoms with Crippen LogP contribution in [0.15, 0.2) is 51.9 Å². The molecule has 2 aromatic carbocycles. The summed E-state index contributed by atoms with van der Waals surface area (Å²) in [4.78, 5) is 10.0. The van der Waals surface area contributed by atoms with Crippen LogP contribution < -0.4 is 0 Å². The van der Waals surface area contributed by atoms with Crippen molar-refractivity contribution in [2.45, 2.75) is 6.18 Å². The number of benzene rings is 2. The fourth-order valence-electron chi connectivity index (χ4n) is 1.95. The molecule has 0 aliphatic heterocycles. The fourth-order valence-corrected chi connectivity index (χ4v) is 2.37. The van der Waals surface area contributed by atoms with Gasteiger partial charge >= 0.3 is 6.18 Å². The summed E-state index contributed by atoms with van der Waals surface area (Å²) in [5.74, 6) is -1.00. The highest BCUT2D eigenvalue weighted by molar-refractivity contribution is 9.10. The van der Waals surface area contributed by atoms with Gasteiger partial charge < -0.3 is 4.98 Å². The second kappa shape index (κ2) is 5.57. The third-order valence-corrected chi connectivity index (χ3v) is 3.44. The van der Waals surface area contributed by atoms with Gasteiger partial charge in [0.1, 0.15) is 0 Å². The van der Waals surface area contributed by atoms with Crippen LogP contribution in [0.25, 0.3) is 11.0 Å². The van der Waals surface area contributed by atoms with E-state index < -0.39 is 12.0 Å². The second-order valence-corrected chi connectivity index (χ2v) is 5.51. The molecule has 112 valence electrons. The van der Waals surface area contributed by atoms with Gasteiger partial charge in [-0.1, -0.05) is 28.1 Å². The van der Waals surface area contributed by atoms with Gasteiger partial charge in [-0.05, 0) is 35.9 Å². The average molecular weight is 368 g/mol. The third-order valence-electron chi connectivity index (χ3n) is 2.95. The van der Waals surface area contributed by atoms with Crippen molar-refractivity contribution in [3.63, 3.8) is 0 Å². The van der Waals surface area contributed by atoms with E-state index in [0.717, 1.165) is 10.0 Å². The number of aliphatic imine (C=N–C) groups is 1. The zero-order valence-electron chi connectivity index (χ0n) is 11.0. The first-order chi connectivity index (χ1) is 10.4. The van der Waals surface area contributed by atoms with Crippen molar-refractivity contribution in [1.29, 1.82) is 0 Å². The van der Waals surface area contributed by atoms with Crippen LogP contribution in [-0.2, 0) is 6.18 Å². The minimum Gasteiger partial charge on any atom is -0.334 e. The van der Waals surface area contributed by atoms with Crippen molar-refractivity contribution < 1.29 is 13.2 Å². The zero-order chi connectivity index (χ0) is 15.7. The number of hydrogen-bond donors (Lipinski definition) is 1. The van der Waals surface area contributed by atoms with Gasteiger partial charge in [0.05, 0.1) is 16.7 Å². The van der Waals surface area contributed by atoms with Gasteiger partial charge in [0.25, 0.3) is 0 Å². The maximum atomic E-state index is 12.6. The summed E-state index contributed by atoms with van der Waals surface area (Å²) in [6, 6.07) is 12.2. The molecular formula is C15H9BrF3N3. The summed E-state index contributed by atoms with van der Waals surface area (Å²) in [6.45, 7) is 0. The molecule has 7 heteroatoms. The van der Waals surface area contributed by atoms with Crippen molar-refractivity contribution in [1.82, 2.24) is 9.97 Å². The number of hydrogen-bond acceptors (Lipinski definition) is 2. The Morgan fingerprint density at radius 3 is 2.68 bits per heavy atom. The van der Waals surface area contributed by atoms with Gasteiger partial charge in [0, 0.05) is 10.7 Å². The van der Waals surface area contributed by atoms with Gasteiger partial charge in [-0.15, -0.1) is 0 Å². The Balaban J connectivity index is 1.92. The van der Waals surface area contributed by atoms with Gasteiger partial charge in [-0.25, -0.2) is 4.98 Å². The number of imidazole rings is 1. The smallest absolute Gasteiger partial charge is 0.334 e. The van der Waals surface area contributed by atoms with Crippen molar-refractivity contribution in [2.75, 3.05) is 0 Å². The summed E-state index contributed by atoms with van der Waals surface area (Å²) < 4.78 is 38.7. The number of fused-ring (bicyclic) bond motifs is 1. The maximum Gasteiger partial charge on any atom is 0.449 e. The van der Waals surface area contributed by atoms with Crippen LogP contribution >= 0.6 is 15.9 Å². The fraction of sp³-hybridized carbons (Fsp3) is 0.0667. The van der Waals surface area contributed by atoms with Crippen LogP contribution in [0.2, 0.25) is 0 Å². The predicted octanol–water partition coefficient (Wildman–Crippen LogP) is 5.09. The van der Waals surface area contributed by atoms with E-state index in [1.807, 2.05) is 24.3 Å². The Morgan fingerprint density at radius 1 is 1.14 bits per heavy atom. The molecule has 3 rings (SSSR count). The van der Waals surface area contributed by atoms with E-state index in [2.05, 4.69) is 30.9 Å². The van der Waals surface area contributed by atoms with E-state index in [4.69, 9.17) is 0 Å². The highest BCUT2D eigenvalue weighted by Gasteiger charge is 2.34. The molecule has 0 saturated carbocycles. The molecule has 0 saturated heterocycles. The number of H-pyrrole nitrogens is 1. The summed E-state index contributed by atoms with van der Waals surface area (Å²) in [7, 11) is 0. The van der Waals surface area contributed by atoms with Gasteiger partial charge in [-0.3, -0.25) is 4.99 Å². The Bertz CT molecular complexity index is 853. The van der Waals surface area contributed by atoms with Gasteiger partial charge in [0.2, 0.25) is 5.82 Å². The second-order valence-electron chi connectivity index (χ2n) is 4.60. The first kappa shape index (κ1) is 14.8. The molecule has 0 bridgehead atoms. The average Bonchev–Trinajstić information content (AvgIpc) is 2.88. The maximum absolute atomic E-state index is 12.6. The molecule has 0 fully saturated rings. The molecule has 0 amide bonds.